The van der Waals surface area contributed by atoms with Gasteiger partial charge in [-0.3, -0.25) is 14.4 Å². The van der Waals surface area contributed by atoms with E-state index in [1.807, 2.05) is 13.8 Å². The molecule has 35 heavy (non-hydrogen) atoms. The average Bonchev–Trinajstić information content (AvgIpc) is 3.02. The van der Waals surface area contributed by atoms with Gasteiger partial charge in [-0.25, -0.2) is 12.7 Å². The highest BCUT2D eigenvalue weighted by atomic mass is 35.5. The van der Waals surface area contributed by atoms with Gasteiger partial charge in [0.15, 0.2) is 0 Å². The van der Waals surface area contributed by atoms with Gasteiger partial charge >= 0.3 is 0 Å². The minimum atomic E-state index is -4.04. The largest absolute Gasteiger partial charge is 0.352 e. The maximum atomic E-state index is 13.3. The molecule has 0 saturated carbocycles. The Kier molecular flexibility index (Phi) is 8.46. The van der Waals surface area contributed by atoms with E-state index in [9.17, 15) is 22.8 Å². The Morgan fingerprint density at radius 1 is 1.09 bits per heavy atom. The molecule has 2 aromatic rings. The molecule has 8 nitrogen and oxygen atoms in total. The number of amides is 3. The molecule has 0 spiro atoms. The number of nitrogens with zero attached hydrogens (tertiary/aromatic N) is 2. The molecule has 3 rings (SSSR count). The Balaban J connectivity index is 1.81. The normalized spacial score (nSPS) is 15.9. The molecule has 1 heterocycles. The molecule has 1 aliphatic heterocycles. The standard InChI is InChI=1S/C24H27Cl2N3O5S/c1-4-15(2)27-23(31)16(3)28(14-17-9-10-19(25)20(26)13-17)22(30)11-12-29-24(32)18-7-5-6-8-21(18)35(29,33)34/h5-10,13,15-16H,4,11-12,14H2,1-3H3,(H,27,31)/t15-,16+/m1/s1. The second-order valence-corrected chi connectivity index (χ2v) is 11.0. The molecule has 0 aromatic heterocycles. The first-order valence-corrected chi connectivity index (χ1v) is 13.4. The molecule has 1 aliphatic rings. The van der Waals surface area contributed by atoms with Crippen molar-refractivity contribution in [2.24, 2.45) is 0 Å². The van der Waals surface area contributed by atoms with Crippen molar-refractivity contribution in [3.63, 3.8) is 0 Å². The minimum absolute atomic E-state index is 0.0474. The van der Waals surface area contributed by atoms with Crippen molar-refractivity contribution in [3.8, 4) is 0 Å². The first-order chi connectivity index (χ1) is 16.5. The highest BCUT2D eigenvalue weighted by Crippen LogP contribution is 2.30. The van der Waals surface area contributed by atoms with Crippen molar-refractivity contribution in [1.29, 1.82) is 0 Å². The van der Waals surface area contributed by atoms with Crippen molar-refractivity contribution in [2.45, 2.75) is 57.1 Å². The Hall–Kier alpha value is -2.62. The van der Waals surface area contributed by atoms with Crippen LogP contribution in [0.2, 0.25) is 10.0 Å². The second kappa shape index (κ2) is 11.0. The molecule has 0 saturated heterocycles. The zero-order chi connectivity index (χ0) is 25.9. The van der Waals surface area contributed by atoms with Crippen LogP contribution in [0.25, 0.3) is 0 Å². The third-order valence-electron chi connectivity index (χ3n) is 5.95. The van der Waals surface area contributed by atoms with Crippen molar-refractivity contribution < 1.29 is 22.8 Å². The third kappa shape index (κ3) is 5.79. The summed E-state index contributed by atoms with van der Waals surface area (Å²) < 4.78 is 26.4. The summed E-state index contributed by atoms with van der Waals surface area (Å²) in [6.07, 6.45) is 0.427. The van der Waals surface area contributed by atoms with Crippen LogP contribution in [0, 0.1) is 0 Å². The van der Waals surface area contributed by atoms with Crippen LogP contribution in [0.3, 0.4) is 0 Å². The van der Waals surface area contributed by atoms with E-state index in [-0.39, 0.29) is 41.9 Å². The van der Waals surface area contributed by atoms with E-state index in [0.29, 0.717) is 26.3 Å². The summed E-state index contributed by atoms with van der Waals surface area (Å²) >= 11 is 12.1. The average molecular weight is 540 g/mol. The van der Waals surface area contributed by atoms with E-state index in [2.05, 4.69) is 5.32 Å². The quantitative estimate of drug-likeness (QED) is 0.520. The molecule has 0 radical (unpaired) electrons. The van der Waals surface area contributed by atoms with Gasteiger partial charge in [-0.15, -0.1) is 0 Å². The molecule has 0 bridgehead atoms. The number of sulfonamides is 1. The van der Waals surface area contributed by atoms with Crippen LogP contribution in [0.5, 0.6) is 0 Å². The number of carbonyl (C=O) groups is 3. The number of carbonyl (C=O) groups excluding carboxylic acids is 3. The van der Waals surface area contributed by atoms with Crippen LogP contribution < -0.4 is 5.32 Å². The fraction of sp³-hybridized carbons (Fsp3) is 0.375. The molecule has 11 heteroatoms. The van der Waals surface area contributed by atoms with Gasteiger partial charge in [-0.05, 0) is 50.1 Å². The van der Waals surface area contributed by atoms with Crippen LogP contribution in [-0.4, -0.2) is 54.0 Å². The first-order valence-electron chi connectivity index (χ1n) is 11.2. The maximum absolute atomic E-state index is 13.3. The van der Waals surface area contributed by atoms with E-state index in [0.717, 1.165) is 0 Å². The topological polar surface area (TPSA) is 104 Å². The van der Waals surface area contributed by atoms with Gasteiger partial charge in [0.05, 0.1) is 15.6 Å². The summed E-state index contributed by atoms with van der Waals surface area (Å²) in [6, 6.07) is 9.88. The van der Waals surface area contributed by atoms with E-state index < -0.39 is 27.9 Å². The molecule has 0 fully saturated rings. The first kappa shape index (κ1) is 27.0. The predicted molar refractivity (Wildman–Crippen MR) is 134 cm³/mol. The lowest BCUT2D eigenvalue weighted by molar-refractivity contribution is -0.140. The molecule has 0 aliphatic carbocycles. The SMILES string of the molecule is CC[C@@H](C)NC(=O)[C@H](C)N(Cc1ccc(Cl)c(Cl)c1)C(=O)CCN1C(=O)c2ccccc2S1(=O)=O. The Bertz CT molecular complexity index is 1250. The predicted octanol–water partition coefficient (Wildman–Crippen LogP) is 3.86. The van der Waals surface area contributed by atoms with Crippen molar-refractivity contribution in [3.05, 3.63) is 63.6 Å². The van der Waals surface area contributed by atoms with Crippen LogP contribution in [0.15, 0.2) is 47.4 Å². The van der Waals surface area contributed by atoms with E-state index in [1.165, 1.54) is 23.1 Å². The number of benzene rings is 2. The fourth-order valence-electron chi connectivity index (χ4n) is 3.68. The molecular formula is C24H27Cl2N3O5S. The lowest BCUT2D eigenvalue weighted by Crippen LogP contribution is -2.50. The van der Waals surface area contributed by atoms with Gasteiger partial charge in [-0.1, -0.05) is 48.3 Å². The third-order valence-corrected chi connectivity index (χ3v) is 8.53. The number of rotatable bonds is 9. The summed E-state index contributed by atoms with van der Waals surface area (Å²) in [5.74, 6) is -1.50. The molecule has 1 N–H and O–H groups in total. The van der Waals surface area contributed by atoms with Gasteiger partial charge in [-0.2, -0.15) is 0 Å². The Labute approximate surface area is 215 Å². The van der Waals surface area contributed by atoms with Crippen molar-refractivity contribution in [1.82, 2.24) is 14.5 Å². The van der Waals surface area contributed by atoms with Gasteiger partial charge in [0, 0.05) is 25.6 Å². The van der Waals surface area contributed by atoms with E-state index in [4.69, 9.17) is 23.2 Å². The summed E-state index contributed by atoms with van der Waals surface area (Å²) in [6.45, 7) is 5.09. The summed E-state index contributed by atoms with van der Waals surface area (Å²) in [5, 5.41) is 3.52. The molecular weight excluding hydrogens is 513 g/mol. The fourth-order valence-corrected chi connectivity index (χ4v) is 5.57. The van der Waals surface area contributed by atoms with Crippen LogP contribution in [0.1, 0.15) is 49.5 Å². The molecule has 188 valence electrons. The smallest absolute Gasteiger partial charge is 0.269 e. The maximum Gasteiger partial charge on any atom is 0.269 e. The number of hydrogen-bond donors (Lipinski definition) is 1. The minimum Gasteiger partial charge on any atom is -0.352 e. The van der Waals surface area contributed by atoms with E-state index in [1.54, 1.807) is 31.2 Å². The summed E-state index contributed by atoms with van der Waals surface area (Å²) in [5.41, 5.74) is 0.724. The van der Waals surface area contributed by atoms with Crippen LogP contribution >= 0.6 is 23.2 Å². The van der Waals surface area contributed by atoms with Crippen LogP contribution in [0.4, 0.5) is 0 Å². The van der Waals surface area contributed by atoms with Gasteiger partial charge in [0.25, 0.3) is 15.9 Å². The number of nitrogens with one attached hydrogen (secondary N) is 1. The molecule has 3 amide bonds. The highest BCUT2D eigenvalue weighted by Gasteiger charge is 2.41. The lowest BCUT2D eigenvalue weighted by atomic mass is 10.1. The number of hydrogen-bond acceptors (Lipinski definition) is 5. The zero-order valence-electron chi connectivity index (χ0n) is 19.6. The molecule has 2 atom stereocenters. The van der Waals surface area contributed by atoms with Gasteiger partial charge in [0.2, 0.25) is 11.8 Å². The van der Waals surface area contributed by atoms with Gasteiger partial charge in [0.1, 0.15) is 10.9 Å². The van der Waals surface area contributed by atoms with Crippen molar-refractivity contribution in [2.75, 3.05) is 6.54 Å². The van der Waals surface area contributed by atoms with E-state index >= 15 is 0 Å². The number of halogens is 2. The summed E-state index contributed by atoms with van der Waals surface area (Å²) in [7, 11) is -4.04. The number of fused-ring (bicyclic) bond motifs is 1. The molecule has 0 unspecified atom stereocenters. The lowest BCUT2D eigenvalue weighted by Gasteiger charge is -2.30. The summed E-state index contributed by atoms with van der Waals surface area (Å²) in [4.78, 5) is 40.1. The van der Waals surface area contributed by atoms with Crippen LogP contribution in [-0.2, 0) is 26.2 Å². The van der Waals surface area contributed by atoms with Crippen molar-refractivity contribution >= 4 is 50.9 Å². The second-order valence-electron chi connectivity index (χ2n) is 8.39. The van der Waals surface area contributed by atoms with Gasteiger partial charge < -0.3 is 10.2 Å². The monoisotopic (exact) mass is 539 g/mol. The zero-order valence-corrected chi connectivity index (χ0v) is 22.0. The Morgan fingerprint density at radius 3 is 2.40 bits per heavy atom. The highest BCUT2D eigenvalue weighted by molar-refractivity contribution is 7.90. The Morgan fingerprint density at radius 2 is 1.77 bits per heavy atom. The molecule has 2 aromatic carbocycles.